The second-order valence-electron chi connectivity index (χ2n) is 7.88. The fourth-order valence-electron chi connectivity index (χ4n) is 3.55. The van der Waals surface area contributed by atoms with Crippen molar-refractivity contribution in [2.45, 2.75) is 39.2 Å². The van der Waals surface area contributed by atoms with Crippen LogP contribution in [0.3, 0.4) is 0 Å². The number of hydrogen-bond donors (Lipinski definition) is 1. The van der Waals surface area contributed by atoms with E-state index >= 15 is 0 Å². The highest BCUT2D eigenvalue weighted by atomic mass is 16.6. The number of carboxylic acid groups (broad SMARTS) is 1. The Labute approximate surface area is 157 Å². The Bertz CT molecular complexity index is 780. The summed E-state index contributed by atoms with van der Waals surface area (Å²) in [6.07, 6.45) is 0.938. The Morgan fingerprint density at radius 3 is 2.37 bits per heavy atom. The molecule has 1 amide bonds. The number of amides is 1. The molecule has 9 nitrogen and oxygen atoms in total. The Kier molecular flexibility index (Phi) is 4.79. The van der Waals surface area contributed by atoms with E-state index in [9.17, 15) is 19.5 Å². The number of carbonyl (C=O) groups excluding carboxylic acids is 2. The maximum Gasteiger partial charge on any atom is 0.410 e. The number of ketones is 1. The fourth-order valence-corrected chi connectivity index (χ4v) is 3.55. The standard InChI is InChI=1S/C18H24N4O5/c1-10-11-13(14(23)12(10)16(24)25)19-9-20-15(11)21-5-7-22(8-6-21)17(26)27-18(2,3)4/h9-10,12H,5-8H2,1-4H3,(H,24,25). The third kappa shape index (κ3) is 3.58. The van der Waals surface area contributed by atoms with Crippen molar-refractivity contribution in [3.8, 4) is 0 Å². The van der Waals surface area contributed by atoms with Crippen LogP contribution in [0.4, 0.5) is 10.6 Å². The lowest BCUT2D eigenvalue weighted by Gasteiger charge is -2.37. The van der Waals surface area contributed by atoms with Crippen molar-refractivity contribution in [3.63, 3.8) is 0 Å². The Balaban J connectivity index is 1.77. The zero-order valence-electron chi connectivity index (χ0n) is 15.9. The molecule has 1 saturated heterocycles. The van der Waals surface area contributed by atoms with Gasteiger partial charge in [-0.05, 0) is 20.8 Å². The highest BCUT2D eigenvalue weighted by Crippen LogP contribution is 2.41. The largest absolute Gasteiger partial charge is 0.481 e. The van der Waals surface area contributed by atoms with Crippen molar-refractivity contribution in [1.29, 1.82) is 0 Å². The Hall–Kier alpha value is -2.71. The molecule has 2 heterocycles. The Morgan fingerprint density at radius 2 is 1.81 bits per heavy atom. The Morgan fingerprint density at radius 1 is 1.19 bits per heavy atom. The summed E-state index contributed by atoms with van der Waals surface area (Å²) in [7, 11) is 0. The molecule has 1 aliphatic heterocycles. The second-order valence-corrected chi connectivity index (χ2v) is 7.88. The van der Waals surface area contributed by atoms with Crippen LogP contribution in [0.25, 0.3) is 0 Å². The van der Waals surface area contributed by atoms with Gasteiger partial charge in [-0.25, -0.2) is 14.8 Å². The van der Waals surface area contributed by atoms with Gasteiger partial charge in [0.15, 0.2) is 5.78 Å². The van der Waals surface area contributed by atoms with Crippen LogP contribution in [0.2, 0.25) is 0 Å². The molecular weight excluding hydrogens is 352 g/mol. The molecule has 1 aromatic rings. The molecule has 1 aromatic heterocycles. The van der Waals surface area contributed by atoms with Crippen LogP contribution in [0.15, 0.2) is 6.33 Å². The van der Waals surface area contributed by atoms with Crippen molar-refractivity contribution in [2.75, 3.05) is 31.1 Å². The minimum absolute atomic E-state index is 0.189. The first-order chi connectivity index (χ1) is 12.6. The zero-order chi connectivity index (χ0) is 19.9. The van der Waals surface area contributed by atoms with Crippen LogP contribution < -0.4 is 4.90 Å². The third-order valence-corrected chi connectivity index (χ3v) is 4.83. The molecule has 2 atom stereocenters. The van der Waals surface area contributed by atoms with Gasteiger partial charge in [-0.3, -0.25) is 9.59 Å². The molecule has 1 fully saturated rings. The lowest BCUT2D eigenvalue weighted by atomic mass is 9.94. The smallest absolute Gasteiger partial charge is 0.410 e. The quantitative estimate of drug-likeness (QED) is 0.773. The van der Waals surface area contributed by atoms with E-state index in [1.54, 1.807) is 11.8 Å². The summed E-state index contributed by atoms with van der Waals surface area (Å²) in [5.41, 5.74) is 0.221. The molecule has 0 radical (unpaired) electrons. The molecule has 146 valence electrons. The van der Waals surface area contributed by atoms with Gasteiger partial charge in [-0.2, -0.15) is 0 Å². The molecule has 3 rings (SSSR count). The molecule has 1 N–H and O–H groups in total. The number of ether oxygens (including phenoxy) is 1. The summed E-state index contributed by atoms with van der Waals surface area (Å²) in [4.78, 5) is 48.0. The van der Waals surface area contributed by atoms with Crippen molar-refractivity contribution in [1.82, 2.24) is 14.9 Å². The van der Waals surface area contributed by atoms with Crippen molar-refractivity contribution in [2.24, 2.45) is 5.92 Å². The summed E-state index contributed by atoms with van der Waals surface area (Å²) in [6.45, 7) is 9.12. The van der Waals surface area contributed by atoms with Gasteiger partial charge in [0.1, 0.15) is 29.4 Å². The summed E-state index contributed by atoms with van der Waals surface area (Å²) in [5.74, 6) is -2.66. The molecule has 1 aliphatic carbocycles. The number of hydrogen-bond acceptors (Lipinski definition) is 7. The highest BCUT2D eigenvalue weighted by molar-refractivity contribution is 6.12. The normalized spacial score (nSPS) is 22.6. The predicted molar refractivity (Wildman–Crippen MR) is 95.9 cm³/mol. The number of aliphatic carboxylic acids is 1. The summed E-state index contributed by atoms with van der Waals surface area (Å²) < 4.78 is 5.40. The number of Topliss-reactive ketones (excluding diaryl/α,β-unsaturated/α-hetero) is 1. The average Bonchev–Trinajstić information content (AvgIpc) is 2.85. The van der Waals surface area contributed by atoms with E-state index in [2.05, 4.69) is 9.97 Å². The van der Waals surface area contributed by atoms with Gasteiger partial charge >= 0.3 is 12.1 Å². The molecular formula is C18H24N4O5. The van der Waals surface area contributed by atoms with E-state index < -0.39 is 29.2 Å². The van der Waals surface area contributed by atoms with E-state index in [4.69, 9.17) is 4.74 Å². The first-order valence-corrected chi connectivity index (χ1v) is 8.95. The third-order valence-electron chi connectivity index (χ3n) is 4.83. The van der Waals surface area contributed by atoms with Gasteiger partial charge in [0.25, 0.3) is 0 Å². The van der Waals surface area contributed by atoms with E-state index in [0.29, 0.717) is 37.6 Å². The molecule has 0 saturated carbocycles. The summed E-state index contributed by atoms with van der Waals surface area (Å²) >= 11 is 0. The number of carboxylic acids is 1. The molecule has 2 aliphatic rings. The van der Waals surface area contributed by atoms with Crippen LogP contribution >= 0.6 is 0 Å². The maximum absolute atomic E-state index is 12.4. The first-order valence-electron chi connectivity index (χ1n) is 8.95. The molecule has 9 heteroatoms. The number of piperazine rings is 1. The number of aromatic nitrogens is 2. The number of carbonyl (C=O) groups is 3. The molecule has 0 bridgehead atoms. The minimum Gasteiger partial charge on any atom is -0.481 e. The van der Waals surface area contributed by atoms with Crippen LogP contribution in [0.5, 0.6) is 0 Å². The van der Waals surface area contributed by atoms with Crippen molar-refractivity contribution < 1.29 is 24.2 Å². The fraction of sp³-hybridized carbons (Fsp3) is 0.611. The lowest BCUT2D eigenvalue weighted by molar-refractivity contribution is -0.140. The van der Waals surface area contributed by atoms with E-state index in [1.807, 2.05) is 25.7 Å². The predicted octanol–water partition coefficient (Wildman–Crippen LogP) is 1.53. The topological polar surface area (TPSA) is 113 Å². The van der Waals surface area contributed by atoms with Crippen LogP contribution in [-0.4, -0.2) is 69.6 Å². The van der Waals surface area contributed by atoms with Crippen molar-refractivity contribution in [3.05, 3.63) is 17.6 Å². The number of rotatable bonds is 2. The molecule has 0 aromatic carbocycles. The van der Waals surface area contributed by atoms with E-state index in [1.165, 1.54) is 6.33 Å². The average molecular weight is 376 g/mol. The van der Waals surface area contributed by atoms with Crippen LogP contribution in [-0.2, 0) is 9.53 Å². The SMILES string of the molecule is CC1c2c(ncnc2N2CCN(C(=O)OC(C)(C)C)CC2)C(=O)C1C(=O)O. The van der Waals surface area contributed by atoms with Gasteiger partial charge in [0.2, 0.25) is 0 Å². The number of nitrogens with zero attached hydrogens (tertiary/aromatic N) is 4. The van der Waals surface area contributed by atoms with Gasteiger partial charge in [0.05, 0.1) is 0 Å². The molecule has 2 unspecified atom stereocenters. The van der Waals surface area contributed by atoms with Gasteiger partial charge in [-0.15, -0.1) is 0 Å². The van der Waals surface area contributed by atoms with E-state index in [0.717, 1.165) is 0 Å². The summed E-state index contributed by atoms with van der Waals surface area (Å²) in [5, 5.41) is 9.38. The zero-order valence-corrected chi connectivity index (χ0v) is 15.9. The van der Waals surface area contributed by atoms with Gasteiger partial charge in [-0.1, -0.05) is 6.92 Å². The second kappa shape index (κ2) is 6.79. The highest BCUT2D eigenvalue weighted by Gasteiger charge is 2.45. The monoisotopic (exact) mass is 376 g/mol. The van der Waals surface area contributed by atoms with E-state index in [-0.39, 0.29) is 11.8 Å². The number of anilines is 1. The number of fused-ring (bicyclic) bond motifs is 1. The van der Waals surface area contributed by atoms with Gasteiger partial charge < -0.3 is 19.6 Å². The molecule has 27 heavy (non-hydrogen) atoms. The summed E-state index contributed by atoms with van der Waals surface area (Å²) in [6, 6.07) is 0. The molecule has 0 spiro atoms. The first kappa shape index (κ1) is 19.1. The van der Waals surface area contributed by atoms with Crippen molar-refractivity contribution >= 4 is 23.7 Å². The van der Waals surface area contributed by atoms with Crippen LogP contribution in [0.1, 0.15) is 49.7 Å². The van der Waals surface area contributed by atoms with Crippen LogP contribution in [0, 0.1) is 5.92 Å². The maximum atomic E-state index is 12.4. The lowest BCUT2D eigenvalue weighted by Crippen LogP contribution is -2.50. The minimum atomic E-state index is -1.15. The van der Waals surface area contributed by atoms with Gasteiger partial charge in [0, 0.05) is 37.7 Å².